The summed E-state index contributed by atoms with van der Waals surface area (Å²) in [5.41, 5.74) is -0.760. The Bertz CT molecular complexity index is 642. The zero-order valence-corrected chi connectivity index (χ0v) is 16.5. The normalized spacial score (nSPS) is 39.3. The van der Waals surface area contributed by atoms with Crippen molar-refractivity contribution in [3.63, 3.8) is 0 Å². The summed E-state index contributed by atoms with van der Waals surface area (Å²) in [4.78, 5) is 38.2. The minimum absolute atomic E-state index is 0.00340. The predicted octanol–water partition coefficient (Wildman–Crippen LogP) is 3.32. The molecule has 132 valence electrons. The lowest BCUT2D eigenvalue weighted by atomic mass is 9.47. The molecule has 0 amide bonds. The van der Waals surface area contributed by atoms with Crippen molar-refractivity contribution >= 4 is 25.7 Å². The van der Waals surface area contributed by atoms with Gasteiger partial charge in [-0.25, -0.2) is 0 Å². The second-order valence-electron chi connectivity index (χ2n) is 9.42. The molecule has 0 N–H and O–H groups in total. The SMILES string of the molecule is CC(C)(C)[Si](C)(C)OC1C(=O)[C@@]2(C)CC[C@@H]1[C@H]1C(=O)C=CC(=O)[C@H]12. The molecule has 24 heavy (non-hydrogen) atoms. The van der Waals surface area contributed by atoms with Gasteiger partial charge in [-0.3, -0.25) is 14.4 Å². The number of hydrogen-bond donors (Lipinski definition) is 0. The molecule has 4 nitrogen and oxygen atoms in total. The number of allylic oxidation sites excluding steroid dienone is 2. The summed E-state index contributed by atoms with van der Waals surface area (Å²) in [6.07, 6.45) is 3.71. The average molecular weight is 349 g/mol. The Morgan fingerprint density at radius 2 is 1.71 bits per heavy atom. The highest BCUT2D eigenvalue weighted by atomic mass is 28.4. The van der Waals surface area contributed by atoms with Crippen LogP contribution in [0.15, 0.2) is 12.2 Å². The molecular formula is C19H28O4Si. The molecule has 4 aliphatic carbocycles. The van der Waals surface area contributed by atoms with Crippen molar-refractivity contribution in [2.45, 2.75) is 64.8 Å². The molecule has 1 unspecified atom stereocenters. The molecule has 0 aromatic rings. The van der Waals surface area contributed by atoms with Gasteiger partial charge in [0.1, 0.15) is 6.10 Å². The fourth-order valence-electron chi connectivity index (χ4n) is 4.46. The molecule has 0 radical (unpaired) electrons. The van der Waals surface area contributed by atoms with E-state index in [1.165, 1.54) is 12.2 Å². The second kappa shape index (κ2) is 5.21. The van der Waals surface area contributed by atoms with Crippen LogP contribution in [-0.4, -0.2) is 31.8 Å². The molecule has 3 fully saturated rings. The van der Waals surface area contributed by atoms with Gasteiger partial charge in [0, 0.05) is 23.2 Å². The lowest BCUT2D eigenvalue weighted by molar-refractivity contribution is -0.173. The van der Waals surface area contributed by atoms with Crippen molar-refractivity contribution in [3.05, 3.63) is 12.2 Å². The van der Waals surface area contributed by atoms with Crippen molar-refractivity contribution in [1.82, 2.24) is 0 Å². The molecule has 4 aliphatic rings. The number of hydrogen-bond acceptors (Lipinski definition) is 4. The van der Waals surface area contributed by atoms with E-state index in [1.54, 1.807) is 0 Å². The van der Waals surface area contributed by atoms with E-state index in [9.17, 15) is 14.4 Å². The van der Waals surface area contributed by atoms with Crippen LogP contribution in [0.1, 0.15) is 40.5 Å². The first kappa shape index (κ1) is 17.7. The fraction of sp³-hybridized carbons (Fsp3) is 0.737. The maximum Gasteiger partial charge on any atom is 0.193 e. The molecule has 5 atom stereocenters. The standard InChI is InChI=1S/C19H28O4Si/c1-18(2,3)24(5,6)23-16-11-9-10-19(4,17(16)22)15-13(21)8-7-12(20)14(11)15/h7-8,11,14-16H,9-10H2,1-6H3/t11-,14+,15-,16?,19+/m1/s1. The first-order valence-electron chi connectivity index (χ1n) is 8.88. The Hall–Kier alpha value is -1.07. The van der Waals surface area contributed by atoms with Gasteiger partial charge >= 0.3 is 0 Å². The van der Waals surface area contributed by atoms with E-state index in [4.69, 9.17) is 4.43 Å². The average Bonchev–Trinajstić information content (AvgIpc) is 2.45. The van der Waals surface area contributed by atoms with E-state index in [2.05, 4.69) is 33.9 Å². The summed E-state index contributed by atoms with van der Waals surface area (Å²) in [6.45, 7) is 12.6. The van der Waals surface area contributed by atoms with Crippen molar-refractivity contribution in [2.24, 2.45) is 23.2 Å². The van der Waals surface area contributed by atoms with E-state index in [1.807, 2.05) is 6.92 Å². The van der Waals surface area contributed by atoms with Gasteiger partial charge < -0.3 is 4.43 Å². The third kappa shape index (κ3) is 2.31. The largest absolute Gasteiger partial charge is 0.407 e. The number of ketones is 3. The summed E-state index contributed by atoms with van der Waals surface area (Å²) in [5, 5.41) is -0.00340. The molecule has 0 aliphatic heterocycles. The molecule has 0 saturated heterocycles. The van der Waals surface area contributed by atoms with E-state index < -0.39 is 25.8 Å². The maximum atomic E-state index is 13.2. The number of fused-ring (bicyclic) bond motifs is 2. The zero-order valence-electron chi connectivity index (χ0n) is 15.5. The van der Waals surface area contributed by atoms with Crippen LogP contribution in [0.5, 0.6) is 0 Å². The molecule has 4 rings (SSSR count). The van der Waals surface area contributed by atoms with Gasteiger partial charge in [-0.15, -0.1) is 0 Å². The van der Waals surface area contributed by atoms with Gasteiger partial charge in [-0.2, -0.15) is 0 Å². The van der Waals surface area contributed by atoms with Crippen LogP contribution >= 0.6 is 0 Å². The molecule has 5 heteroatoms. The third-order valence-corrected chi connectivity index (χ3v) is 11.4. The van der Waals surface area contributed by atoms with Gasteiger partial charge in [-0.05, 0) is 43.1 Å². The molecule has 0 spiro atoms. The molecule has 3 saturated carbocycles. The minimum atomic E-state index is -2.14. The topological polar surface area (TPSA) is 60.4 Å². The summed E-state index contributed by atoms with van der Waals surface area (Å²) in [7, 11) is -2.14. The smallest absolute Gasteiger partial charge is 0.193 e. The Labute approximate surface area is 145 Å². The van der Waals surface area contributed by atoms with Crippen LogP contribution in [0.3, 0.4) is 0 Å². The van der Waals surface area contributed by atoms with E-state index in [0.29, 0.717) is 6.42 Å². The quantitative estimate of drug-likeness (QED) is 0.718. The van der Waals surface area contributed by atoms with Crippen LogP contribution in [0.2, 0.25) is 18.1 Å². The number of rotatable bonds is 2. The van der Waals surface area contributed by atoms with Crippen molar-refractivity contribution < 1.29 is 18.8 Å². The Kier molecular flexibility index (Phi) is 3.85. The summed E-state index contributed by atoms with van der Waals surface area (Å²) in [5.74, 6) is -1.05. The van der Waals surface area contributed by atoms with Gasteiger partial charge in [0.15, 0.2) is 25.7 Å². The predicted molar refractivity (Wildman–Crippen MR) is 94.0 cm³/mol. The molecule has 0 aromatic carbocycles. The van der Waals surface area contributed by atoms with E-state index >= 15 is 0 Å². The lowest BCUT2D eigenvalue weighted by Gasteiger charge is -2.57. The van der Waals surface area contributed by atoms with Gasteiger partial charge in [0.05, 0.1) is 0 Å². The molecule has 0 heterocycles. The lowest BCUT2D eigenvalue weighted by Crippen LogP contribution is -2.66. The van der Waals surface area contributed by atoms with Crippen molar-refractivity contribution in [2.75, 3.05) is 0 Å². The van der Waals surface area contributed by atoms with Crippen LogP contribution in [0.4, 0.5) is 0 Å². The van der Waals surface area contributed by atoms with Crippen LogP contribution in [0.25, 0.3) is 0 Å². The maximum absolute atomic E-state index is 13.2. The monoisotopic (exact) mass is 348 g/mol. The van der Waals surface area contributed by atoms with Crippen LogP contribution in [-0.2, 0) is 18.8 Å². The molecule has 0 aromatic heterocycles. The van der Waals surface area contributed by atoms with Crippen LogP contribution in [0, 0.1) is 23.2 Å². The zero-order chi connectivity index (χ0) is 18.1. The first-order chi connectivity index (χ1) is 10.9. The summed E-state index contributed by atoms with van der Waals surface area (Å²) < 4.78 is 6.49. The number of carbonyl (C=O) groups is 3. The van der Waals surface area contributed by atoms with Gasteiger partial charge in [0.2, 0.25) is 0 Å². The highest BCUT2D eigenvalue weighted by Gasteiger charge is 2.65. The number of Topliss-reactive ketones (excluding diaryl/α,β-unsaturated/α-hetero) is 1. The van der Waals surface area contributed by atoms with Crippen LogP contribution < -0.4 is 0 Å². The Balaban J connectivity index is 2.01. The van der Waals surface area contributed by atoms with Gasteiger partial charge in [0.25, 0.3) is 0 Å². The van der Waals surface area contributed by atoms with Gasteiger partial charge in [-0.1, -0.05) is 27.7 Å². The third-order valence-electron chi connectivity index (χ3n) is 6.99. The van der Waals surface area contributed by atoms with Crippen molar-refractivity contribution in [3.8, 4) is 0 Å². The second-order valence-corrected chi connectivity index (χ2v) is 14.2. The first-order valence-corrected chi connectivity index (χ1v) is 11.8. The van der Waals surface area contributed by atoms with Crippen molar-refractivity contribution in [1.29, 1.82) is 0 Å². The number of carbonyl (C=O) groups excluding carboxylic acids is 3. The van der Waals surface area contributed by atoms with E-state index in [0.717, 1.165) is 6.42 Å². The highest BCUT2D eigenvalue weighted by molar-refractivity contribution is 6.74. The summed E-state index contributed by atoms with van der Waals surface area (Å²) in [6, 6.07) is 0. The summed E-state index contributed by atoms with van der Waals surface area (Å²) >= 11 is 0. The minimum Gasteiger partial charge on any atom is -0.407 e. The molecule has 2 bridgehead atoms. The Morgan fingerprint density at radius 3 is 2.29 bits per heavy atom. The molecular weight excluding hydrogens is 320 g/mol. The highest BCUT2D eigenvalue weighted by Crippen LogP contribution is 2.58. The fourth-order valence-corrected chi connectivity index (χ4v) is 5.73. The van der Waals surface area contributed by atoms with E-state index in [-0.39, 0.29) is 34.2 Å². The Morgan fingerprint density at radius 1 is 1.12 bits per heavy atom.